The van der Waals surface area contributed by atoms with Crippen molar-refractivity contribution in [1.29, 1.82) is 0 Å². The molecule has 5 heteroatoms. The number of carbonyl (C=O) groups excluding carboxylic acids is 2. The number of carbonyl (C=O) groups is 2. The van der Waals surface area contributed by atoms with Crippen LogP contribution in [0.1, 0.15) is 56.7 Å². The van der Waals surface area contributed by atoms with E-state index in [0.717, 1.165) is 37.0 Å². The van der Waals surface area contributed by atoms with Crippen molar-refractivity contribution in [3.05, 3.63) is 41.6 Å². The Kier molecular flexibility index (Phi) is 7.67. The number of benzene rings is 1. The fraction of sp³-hybridized carbons (Fsp3) is 0.500. The third-order valence-corrected chi connectivity index (χ3v) is 4.28. The van der Waals surface area contributed by atoms with Crippen LogP contribution in [-0.2, 0) is 14.3 Å². The summed E-state index contributed by atoms with van der Waals surface area (Å²) in [5.41, 5.74) is 2.07. The first-order valence-electron chi connectivity index (χ1n) is 9.04. The molecular formula is C20H28N2O3. The van der Waals surface area contributed by atoms with Crippen LogP contribution < -0.4 is 5.32 Å². The van der Waals surface area contributed by atoms with Crippen LogP contribution in [-0.4, -0.2) is 36.5 Å². The van der Waals surface area contributed by atoms with E-state index in [1.807, 2.05) is 30.3 Å². The maximum atomic E-state index is 12.3. The number of amides is 2. The molecule has 0 aliphatic carbocycles. The smallest absolute Gasteiger partial charge is 0.223 e. The second-order valence-electron chi connectivity index (χ2n) is 6.26. The molecule has 1 atom stereocenters. The predicted molar refractivity (Wildman–Crippen MR) is 98.7 cm³/mol. The summed E-state index contributed by atoms with van der Waals surface area (Å²) in [5.74, 6) is -0.109. The molecule has 0 aromatic heterocycles. The summed E-state index contributed by atoms with van der Waals surface area (Å²) in [6.45, 7) is 5.69. The molecule has 0 saturated heterocycles. The first-order chi connectivity index (χ1) is 12.1. The Hall–Kier alpha value is -2.14. The zero-order valence-electron chi connectivity index (χ0n) is 15.2. The molecule has 0 spiro atoms. The Balaban J connectivity index is 1.85. The van der Waals surface area contributed by atoms with E-state index in [1.54, 1.807) is 11.1 Å². The zero-order valence-corrected chi connectivity index (χ0v) is 15.2. The second-order valence-corrected chi connectivity index (χ2v) is 6.26. The maximum Gasteiger partial charge on any atom is 0.223 e. The summed E-state index contributed by atoms with van der Waals surface area (Å²) in [7, 11) is 0. The Bertz CT molecular complexity index is 613. The van der Waals surface area contributed by atoms with Crippen LogP contribution in [0.3, 0.4) is 0 Å². The van der Waals surface area contributed by atoms with Crippen LogP contribution in [0, 0.1) is 0 Å². The lowest BCUT2D eigenvalue weighted by molar-refractivity contribution is -0.129. The summed E-state index contributed by atoms with van der Waals surface area (Å²) >= 11 is 0. The van der Waals surface area contributed by atoms with E-state index in [9.17, 15) is 9.59 Å². The zero-order chi connectivity index (χ0) is 18.1. The normalized spacial score (nSPS) is 15.8. The number of hydrogen-bond acceptors (Lipinski definition) is 3. The van der Waals surface area contributed by atoms with Crippen LogP contribution in [0.25, 0.3) is 6.08 Å². The average Bonchev–Trinajstić information content (AvgIpc) is 2.61. The highest BCUT2D eigenvalue weighted by atomic mass is 16.5. The third kappa shape index (κ3) is 5.71. The molecule has 1 aliphatic heterocycles. The van der Waals surface area contributed by atoms with Gasteiger partial charge in [0.05, 0.1) is 12.5 Å². The highest BCUT2D eigenvalue weighted by Crippen LogP contribution is 2.32. The fourth-order valence-electron chi connectivity index (χ4n) is 2.91. The molecule has 1 N–H and O–H groups in total. The number of unbranched alkanes of at least 4 members (excludes halogenated alkanes) is 1. The molecule has 2 amide bonds. The maximum absolute atomic E-state index is 12.3. The summed E-state index contributed by atoms with van der Waals surface area (Å²) in [6, 6.07) is 7.63. The lowest BCUT2D eigenvalue weighted by Crippen LogP contribution is -2.35. The number of ether oxygens (including phenoxy) is 1. The van der Waals surface area contributed by atoms with Gasteiger partial charge in [0.2, 0.25) is 11.8 Å². The molecule has 0 radical (unpaired) electrons. The van der Waals surface area contributed by atoms with Crippen LogP contribution >= 0.6 is 0 Å². The topological polar surface area (TPSA) is 58.6 Å². The number of rotatable bonds is 9. The van der Waals surface area contributed by atoms with Crippen molar-refractivity contribution in [3.63, 3.8) is 0 Å². The molecule has 0 saturated carbocycles. The Morgan fingerprint density at radius 3 is 2.72 bits per heavy atom. The van der Waals surface area contributed by atoms with Gasteiger partial charge in [0.1, 0.15) is 0 Å². The molecule has 136 valence electrons. The van der Waals surface area contributed by atoms with Gasteiger partial charge in [-0.2, -0.15) is 0 Å². The van der Waals surface area contributed by atoms with Crippen molar-refractivity contribution in [2.75, 3.05) is 19.8 Å². The lowest BCUT2D eigenvalue weighted by Gasteiger charge is -2.32. The van der Waals surface area contributed by atoms with Crippen LogP contribution in [0.15, 0.2) is 30.5 Å². The van der Waals surface area contributed by atoms with E-state index in [2.05, 4.69) is 12.2 Å². The van der Waals surface area contributed by atoms with Gasteiger partial charge in [-0.15, -0.1) is 0 Å². The van der Waals surface area contributed by atoms with E-state index in [0.29, 0.717) is 13.2 Å². The second kappa shape index (κ2) is 9.99. The van der Waals surface area contributed by atoms with E-state index in [-0.39, 0.29) is 24.3 Å². The standard InChI is InChI=1S/C20H28N2O3/c1-3-4-13-25-14-7-11-21-20(24)15-19-18-9-6-5-8-17(18)10-12-22(19)16(2)23/h5-6,8-10,12,19H,3-4,7,11,13-15H2,1-2H3,(H,21,24). The minimum atomic E-state index is -0.250. The van der Waals surface area contributed by atoms with Gasteiger partial charge in [-0.1, -0.05) is 37.6 Å². The highest BCUT2D eigenvalue weighted by molar-refractivity contribution is 5.81. The first kappa shape index (κ1) is 19.2. The van der Waals surface area contributed by atoms with Gasteiger partial charge in [0, 0.05) is 32.9 Å². The predicted octanol–water partition coefficient (Wildman–Crippen LogP) is 3.27. The number of nitrogens with one attached hydrogen (secondary N) is 1. The minimum Gasteiger partial charge on any atom is -0.381 e. The van der Waals surface area contributed by atoms with Gasteiger partial charge in [-0.3, -0.25) is 9.59 Å². The molecule has 1 heterocycles. The molecule has 1 unspecified atom stereocenters. The number of nitrogens with zero attached hydrogens (tertiary/aromatic N) is 1. The Morgan fingerprint density at radius 2 is 1.96 bits per heavy atom. The van der Waals surface area contributed by atoms with Crippen LogP contribution in [0.5, 0.6) is 0 Å². The monoisotopic (exact) mass is 344 g/mol. The number of fused-ring (bicyclic) bond motifs is 1. The van der Waals surface area contributed by atoms with Gasteiger partial charge in [-0.05, 0) is 30.0 Å². The van der Waals surface area contributed by atoms with Gasteiger partial charge in [-0.25, -0.2) is 0 Å². The van der Waals surface area contributed by atoms with Gasteiger partial charge >= 0.3 is 0 Å². The van der Waals surface area contributed by atoms with Gasteiger partial charge < -0.3 is 15.0 Å². The molecule has 1 aromatic rings. The van der Waals surface area contributed by atoms with Crippen LogP contribution in [0.4, 0.5) is 0 Å². The molecule has 0 fully saturated rings. The lowest BCUT2D eigenvalue weighted by atomic mass is 9.93. The van der Waals surface area contributed by atoms with Crippen molar-refractivity contribution in [2.45, 2.75) is 45.6 Å². The molecule has 1 aliphatic rings. The molecule has 2 rings (SSSR count). The van der Waals surface area contributed by atoms with Crippen molar-refractivity contribution in [3.8, 4) is 0 Å². The molecule has 1 aromatic carbocycles. The summed E-state index contributed by atoms with van der Waals surface area (Å²) in [5, 5.41) is 2.93. The van der Waals surface area contributed by atoms with E-state index in [1.165, 1.54) is 6.92 Å². The fourth-order valence-corrected chi connectivity index (χ4v) is 2.91. The van der Waals surface area contributed by atoms with Crippen molar-refractivity contribution < 1.29 is 14.3 Å². The summed E-state index contributed by atoms with van der Waals surface area (Å²) in [6.07, 6.45) is 6.94. The molecule has 0 bridgehead atoms. The summed E-state index contributed by atoms with van der Waals surface area (Å²) < 4.78 is 5.49. The quantitative estimate of drug-likeness (QED) is 0.700. The Labute approximate surface area is 150 Å². The van der Waals surface area contributed by atoms with Gasteiger partial charge in [0.25, 0.3) is 0 Å². The summed E-state index contributed by atoms with van der Waals surface area (Å²) in [4.78, 5) is 25.9. The van der Waals surface area contributed by atoms with E-state index < -0.39 is 0 Å². The molecule has 5 nitrogen and oxygen atoms in total. The van der Waals surface area contributed by atoms with Crippen LogP contribution in [0.2, 0.25) is 0 Å². The van der Waals surface area contributed by atoms with Crippen molar-refractivity contribution in [2.24, 2.45) is 0 Å². The first-order valence-corrected chi connectivity index (χ1v) is 9.04. The Morgan fingerprint density at radius 1 is 1.20 bits per heavy atom. The largest absolute Gasteiger partial charge is 0.381 e. The van der Waals surface area contributed by atoms with Crippen molar-refractivity contribution >= 4 is 17.9 Å². The highest BCUT2D eigenvalue weighted by Gasteiger charge is 2.27. The molecular weight excluding hydrogens is 316 g/mol. The van der Waals surface area contributed by atoms with Gasteiger partial charge in [0.15, 0.2) is 0 Å². The minimum absolute atomic E-state index is 0.0464. The number of hydrogen-bond donors (Lipinski definition) is 1. The van der Waals surface area contributed by atoms with E-state index >= 15 is 0 Å². The SMILES string of the molecule is CCCCOCCCNC(=O)CC1c2ccccc2C=CN1C(C)=O. The van der Waals surface area contributed by atoms with Crippen molar-refractivity contribution in [1.82, 2.24) is 10.2 Å². The third-order valence-electron chi connectivity index (χ3n) is 4.28. The average molecular weight is 344 g/mol. The molecule has 25 heavy (non-hydrogen) atoms. The van der Waals surface area contributed by atoms with E-state index in [4.69, 9.17) is 4.74 Å².